The number of carbonyl (C=O) groups is 2. The Morgan fingerprint density at radius 1 is 0.783 bits per heavy atom. The summed E-state index contributed by atoms with van der Waals surface area (Å²) in [6.45, 7) is 0. The predicted octanol–water partition coefficient (Wildman–Crippen LogP) is 3.11. The van der Waals surface area contributed by atoms with Gasteiger partial charge in [0.1, 0.15) is 11.5 Å². The van der Waals surface area contributed by atoms with Gasteiger partial charge < -0.3 is 9.47 Å². The van der Waals surface area contributed by atoms with E-state index >= 15 is 0 Å². The Morgan fingerprint density at radius 3 is 2.22 bits per heavy atom. The molecule has 1 aliphatic carbocycles. The second-order valence-electron chi connectivity index (χ2n) is 5.62. The monoisotopic (exact) mass is 302 g/mol. The van der Waals surface area contributed by atoms with Crippen molar-refractivity contribution < 1.29 is 19.1 Å². The molecule has 3 aliphatic rings. The maximum atomic E-state index is 12.7. The van der Waals surface area contributed by atoms with Crippen molar-refractivity contribution in [1.82, 2.24) is 0 Å². The standard InChI is InChI=1S/C19H10O4/c20-18-10-4-1-2-5-11(10)19(21)13-9-16-14(8-12(13)18)15-6-3-7-17(22-15)23-16/h1-9,17H. The van der Waals surface area contributed by atoms with Gasteiger partial charge in [0.2, 0.25) is 0 Å². The first-order valence-corrected chi connectivity index (χ1v) is 7.31. The number of carbonyl (C=O) groups excluding carboxylic acids is 2. The SMILES string of the molecule is O=C1c2ccccc2C(=O)c2cc3c(cc21)OC1C=CC=C3O1. The highest BCUT2D eigenvalue weighted by molar-refractivity contribution is 6.28. The molecule has 0 saturated carbocycles. The van der Waals surface area contributed by atoms with Crippen LogP contribution in [0.15, 0.2) is 54.6 Å². The number of ether oxygens (including phenoxy) is 2. The summed E-state index contributed by atoms with van der Waals surface area (Å²) in [6.07, 6.45) is 4.98. The molecule has 0 radical (unpaired) electrons. The minimum atomic E-state index is -0.484. The fourth-order valence-electron chi connectivity index (χ4n) is 3.19. The van der Waals surface area contributed by atoms with Crippen LogP contribution in [0.2, 0.25) is 0 Å². The Balaban J connectivity index is 1.77. The number of allylic oxidation sites excluding steroid dienone is 2. The number of fused-ring (bicyclic) bond motifs is 6. The molecule has 2 heterocycles. The van der Waals surface area contributed by atoms with Crippen LogP contribution in [0.4, 0.5) is 0 Å². The van der Waals surface area contributed by atoms with Crippen LogP contribution >= 0.6 is 0 Å². The lowest BCUT2D eigenvalue weighted by Gasteiger charge is -2.30. The topological polar surface area (TPSA) is 52.6 Å². The van der Waals surface area contributed by atoms with Crippen molar-refractivity contribution in [2.75, 3.05) is 0 Å². The van der Waals surface area contributed by atoms with E-state index in [1.165, 1.54) is 0 Å². The van der Waals surface area contributed by atoms with Gasteiger partial charge in [-0.25, -0.2) is 0 Å². The second kappa shape index (κ2) is 4.20. The third-order valence-electron chi connectivity index (χ3n) is 4.29. The summed E-state index contributed by atoms with van der Waals surface area (Å²) < 4.78 is 11.4. The first kappa shape index (κ1) is 12.4. The Kier molecular flexibility index (Phi) is 2.26. The Morgan fingerprint density at radius 2 is 1.48 bits per heavy atom. The molecular formula is C19H10O4. The van der Waals surface area contributed by atoms with Gasteiger partial charge in [-0.3, -0.25) is 9.59 Å². The van der Waals surface area contributed by atoms with Gasteiger partial charge >= 0.3 is 0 Å². The van der Waals surface area contributed by atoms with Gasteiger partial charge in [-0.15, -0.1) is 0 Å². The molecule has 2 aliphatic heterocycles. The zero-order chi connectivity index (χ0) is 15.6. The first-order valence-electron chi connectivity index (χ1n) is 7.31. The number of hydrogen-bond donors (Lipinski definition) is 0. The zero-order valence-electron chi connectivity index (χ0n) is 11.9. The highest BCUT2D eigenvalue weighted by atomic mass is 16.7. The first-order chi connectivity index (χ1) is 11.2. The molecule has 23 heavy (non-hydrogen) atoms. The van der Waals surface area contributed by atoms with Gasteiger partial charge in [-0.1, -0.05) is 30.3 Å². The summed E-state index contributed by atoms with van der Waals surface area (Å²) in [6, 6.07) is 10.2. The Hall–Kier alpha value is -3.14. The maximum absolute atomic E-state index is 12.7. The molecule has 1 unspecified atom stereocenters. The van der Waals surface area contributed by atoms with Crippen LogP contribution in [0.3, 0.4) is 0 Å². The van der Waals surface area contributed by atoms with Gasteiger partial charge in [0.15, 0.2) is 11.6 Å². The number of ketones is 2. The zero-order valence-corrected chi connectivity index (χ0v) is 11.9. The molecule has 1 atom stereocenters. The smallest absolute Gasteiger partial charge is 0.260 e. The quantitative estimate of drug-likeness (QED) is 0.640. The average Bonchev–Trinajstić information content (AvgIpc) is 2.59. The van der Waals surface area contributed by atoms with Crippen molar-refractivity contribution in [1.29, 1.82) is 0 Å². The van der Waals surface area contributed by atoms with E-state index in [0.29, 0.717) is 39.3 Å². The van der Waals surface area contributed by atoms with Crippen molar-refractivity contribution in [2.24, 2.45) is 0 Å². The summed E-state index contributed by atoms with van der Waals surface area (Å²) in [5.74, 6) is 0.923. The fourth-order valence-corrected chi connectivity index (χ4v) is 3.19. The van der Waals surface area contributed by atoms with E-state index in [4.69, 9.17) is 9.47 Å². The molecule has 2 bridgehead atoms. The van der Waals surface area contributed by atoms with Crippen molar-refractivity contribution in [3.05, 3.63) is 82.4 Å². The van der Waals surface area contributed by atoms with Gasteiger partial charge in [-0.05, 0) is 24.3 Å². The van der Waals surface area contributed by atoms with E-state index in [0.717, 1.165) is 0 Å². The largest absolute Gasteiger partial charge is 0.450 e. The molecule has 110 valence electrons. The van der Waals surface area contributed by atoms with E-state index < -0.39 is 6.29 Å². The molecule has 0 aromatic heterocycles. The van der Waals surface area contributed by atoms with Crippen molar-refractivity contribution >= 4 is 17.3 Å². The van der Waals surface area contributed by atoms with E-state index in [1.54, 1.807) is 42.5 Å². The van der Waals surface area contributed by atoms with Crippen molar-refractivity contribution in [3.63, 3.8) is 0 Å². The lowest BCUT2D eigenvalue weighted by Crippen LogP contribution is -2.27. The van der Waals surface area contributed by atoms with E-state index in [-0.39, 0.29) is 11.6 Å². The highest BCUT2D eigenvalue weighted by Crippen LogP contribution is 2.40. The van der Waals surface area contributed by atoms with Crippen LogP contribution in [0.5, 0.6) is 5.75 Å². The molecule has 0 saturated heterocycles. The molecular weight excluding hydrogens is 292 g/mol. The molecule has 0 N–H and O–H groups in total. The van der Waals surface area contributed by atoms with Crippen LogP contribution in [0.1, 0.15) is 37.4 Å². The molecule has 2 aromatic carbocycles. The van der Waals surface area contributed by atoms with Gasteiger partial charge in [-0.2, -0.15) is 0 Å². The molecule has 5 rings (SSSR count). The second-order valence-corrected chi connectivity index (χ2v) is 5.62. The highest BCUT2D eigenvalue weighted by Gasteiger charge is 2.34. The normalized spacial score (nSPS) is 19.8. The Labute approximate surface area is 131 Å². The van der Waals surface area contributed by atoms with Gasteiger partial charge in [0.05, 0.1) is 5.56 Å². The van der Waals surface area contributed by atoms with Crippen LogP contribution in [-0.2, 0) is 4.74 Å². The lowest BCUT2D eigenvalue weighted by molar-refractivity contribution is 0.00875. The van der Waals surface area contributed by atoms with Gasteiger partial charge in [0, 0.05) is 22.3 Å². The number of hydrogen-bond acceptors (Lipinski definition) is 4. The average molecular weight is 302 g/mol. The Bertz CT molecular complexity index is 965. The minimum Gasteiger partial charge on any atom is -0.450 e. The molecule has 0 spiro atoms. The fraction of sp³-hybridized carbons (Fsp3) is 0.0526. The number of benzene rings is 2. The molecule has 4 nitrogen and oxygen atoms in total. The summed E-state index contributed by atoms with van der Waals surface area (Å²) in [5.41, 5.74) is 2.37. The summed E-state index contributed by atoms with van der Waals surface area (Å²) in [7, 11) is 0. The van der Waals surface area contributed by atoms with Crippen LogP contribution < -0.4 is 4.74 Å². The molecule has 0 amide bonds. The molecule has 2 aromatic rings. The van der Waals surface area contributed by atoms with Crippen molar-refractivity contribution in [2.45, 2.75) is 6.29 Å². The maximum Gasteiger partial charge on any atom is 0.260 e. The third kappa shape index (κ3) is 1.60. The number of rotatable bonds is 0. The van der Waals surface area contributed by atoms with E-state index in [2.05, 4.69) is 0 Å². The van der Waals surface area contributed by atoms with Gasteiger partial charge in [0.25, 0.3) is 6.29 Å². The lowest BCUT2D eigenvalue weighted by atomic mass is 9.83. The van der Waals surface area contributed by atoms with Crippen LogP contribution in [0.25, 0.3) is 5.76 Å². The molecule has 0 fully saturated rings. The predicted molar refractivity (Wildman–Crippen MR) is 82.4 cm³/mol. The van der Waals surface area contributed by atoms with Crippen molar-refractivity contribution in [3.8, 4) is 5.75 Å². The summed E-state index contributed by atoms with van der Waals surface area (Å²) in [5, 5.41) is 0. The van der Waals surface area contributed by atoms with E-state index in [9.17, 15) is 9.59 Å². The summed E-state index contributed by atoms with van der Waals surface area (Å²) in [4.78, 5) is 25.5. The minimum absolute atomic E-state index is 0.146. The van der Waals surface area contributed by atoms with Crippen LogP contribution in [-0.4, -0.2) is 17.9 Å². The van der Waals surface area contributed by atoms with E-state index in [1.807, 2.05) is 12.2 Å². The molecule has 4 heteroatoms. The summed E-state index contributed by atoms with van der Waals surface area (Å²) >= 11 is 0. The van der Waals surface area contributed by atoms with Crippen LogP contribution in [0, 0.1) is 0 Å². The third-order valence-corrected chi connectivity index (χ3v) is 4.29.